The number of amides is 1. The van der Waals surface area contributed by atoms with Crippen LogP contribution in [0.4, 0.5) is 5.13 Å². The summed E-state index contributed by atoms with van der Waals surface area (Å²) in [6.07, 6.45) is 4.83. The van der Waals surface area contributed by atoms with Crippen LogP contribution in [0.3, 0.4) is 0 Å². The molecular formula is C13H19N5O2S. The molecule has 1 atom stereocenters. The summed E-state index contributed by atoms with van der Waals surface area (Å²) in [5, 5.41) is 20.9. The van der Waals surface area contributed by atoms with Gasteiger partial charge in [-0.25, -0.2) is 4.98 Å². The first-order valence-corrected chi connectivity index (χ1v) is 7.43. The number of rotatable bonds is 6. The van der Waals surface area contributed by atoms with Crippen molar-refractivity contribution in [2.75, 3.05) is 18.4 Å². The van der Waals surface area contributed by atoms with Crippen LogP contribution in [-0.4, -0.2) is 38.9 Å². The third-order valence-electron chi connectivity index (χ3n) is 2.98. The molecule has 0 saturated carbocycles. The largest absolute Gasteiger partial charge is 0.383 e. The zero-order valence-electron chi connectivity index (χ0n) is 12.3. The topological polar surface area (TPSA) is 92.1 Å². The number of hydrogen-bond acceptors (Lipinski definition) is 6. The van der Waals surface area contributed by atoms with Crippen LogP contribution in [0.2, 0.25) is 0 Å². The Kier molecular flexibility index (Phi) is 4.59. The molecule has 0 aromatic carbocycles. The van der Waals surface area contributed by atoms with Crippen LogP contribution in [0.5, 0.6) is 0 Å². The monoisotopic (exact) mass is 309 g/mol. The number of nitrogens with one attached hydrogen (secondary N) is 2. The number of aromatic nitrogens is 3. The minimum atomic E-state index is -1.17. The Labute approximate surface area is 127 Å². The summed E-state index contributed by atoms with van der Waals surface area (Å²) < 4.78 is 1.61. The van der Waals surface area contributed by atoms with Gasteiger partial charge in [0.05, 0.1) is 18.9 Å². The van der Waals surface area contributed by atoms with Crippen molar-refractivity contribution < 1.29 is 9.90 Å². The number of carbonyl (C=O) groups excluding carboxylic acids is 1. The maximum absolute atomic E-state index is 12.0. The first-order chi connectivity index (χ1) is 9.92. The lowest BCUT2D eigenvalue weighted by Gasteiger charge is -2.21. The summed E-state index contributed by atoms with van der Waals surface area (Å²) in [6, 6.07) is 0. The minimum absolute atomic E-state index is 0.103. The van der Waals surface area contributed by atoms with Crippen molar-refractivity contribution in [3.05, 3.63) is 29.0 Å². The summed E-state index contributed by atoms with van der Waals surface area (Å²) in [4.78, 5) is 16.7. The highest BCUT2D eigenvalue weighted by atomic mass is 32.1. The van der Waals surface area contributed by atoms with Crippen molar-refractivity contribution in [3.8, 4) is 0 Å². The van der Waals surface area contributed by atoms with Crippen molar-refractivity contribution in [2.24, 2.45) is 7.05 Å². The summed E-state index contributed by atoms with van der Waals surface area (Å²) >= 11 is 1.28. The maximum atomic E-state index is 12.0. The normalized spacial score (nSPS) is 13.7. The van der Waals surface area contributed by atoms with Gasteiger partial charge in [-0.15, -0.1) is 0 Å². The molecule has 21 heavy (non-hydrogen) atoms. The number of aliphatic hydroxyl groups is 1. The number of thiazole rings is 1. The molecule has 0 aliphatic rings. The third kappa shape index (κ3) is 3.79. The molecule has 0 saturated heterocycles. The van der Waals surface area contributed by atoms with E-state index in [9.17, 15) is 9.90 Å². The van der Waals surface area contributed by atoms with E-state index in [0.29, 0.717) is 15.6 Å². The molecule has 0 aliphatic carbocycles. The molecule has 3 N–H and O–H groups in total. The van der Waals surface area contributed by atoms with Crippen LogP contribution in [-0.2, 0) is 12.6 Å². The molecule has 2 heterocycles. The van der Waals surface area contributed by atoms with Crippen molar-refractivity contribution in [3.63, 3.8) is 0 Å². The fourth-order valence-corrected chi connectivity index (χ4v) is 2.55. The molecule has 0 fully saturated rings. The van der Waals surface area contributed by atoms with Crippen molar-refractivity contribution in [1.82, 2.24) is 20.1 Å². The molecule has 7 nitrogen and oxygen atoms in total. The molecule has 0 bridgehead atoms. The summed E-state index contributed by atoms with van der Waals surface area (Å²) in [7, 11) is 1.78. The highest BCUT2D eigenvalue weighted by Gasteiger charge is 2.26. The van der Waals surface area contributed by atoms with Gasteiger partial charge < -0.3 is 15.7 Å². The van der Waals surface area contributed by atoms with Gasteiger partial charge in [0, 0.05) is 25.4 Å². The van der Waals surface area contributed by atoms with Crippen LogP contribution in [0.1, 0.15) is 29.1 Å². The van der Waals surface area contributed by atoms with Crippen LogP contribution < -0.4 is 10.6 Å². The number of aryl methyl sites for hydroxylation is 1. The molecule has 0 radical (unpaired) electrons. The molecule has 8 heteroatoms. The number of hydrogen-bond donors (Lipinski definition) is 3. The highest BCUT2D eigenvalue weighted by Crippen LogP contribution is 2.20. The zero-order valence-corrected chi connectivity index (χ0v) is 13.1. The SMILES string of the molecule is CCNc1ncc(C(=O)NCC(C)(O)c2cnn(C)c2)s1. The Morgan fingerprint density at radius 2 is 2.29 bits per heavy atom. The lowest BCUT2D eigenvalue weighted by molar-refractivity contribution is 0.0527. The second-order valence-electron chi connectivity index (χ2n) is 4.92. The van der Waals surface area contributed by atoms with Gasteiger partial charge in [0.25, 0.3) is 5.91 Å². The summed E-state index contributed by atoms with van der Waals surface area (Å²) in [5.41, 5.74) is -0.512. The average molecular weight is 309 g/mol. The third-order valence-corrected chi connectivity index (χ3v) is 3.93. The highest BCUT2D eigenvalue weighted by molar-refractivity contribution is 7.17. The van der Waals surface area contributed by atoms with Gasteiger partial charge in [-0.1, -0.05) is 11.3 Å². The molecule has 2 rings (SSSR count). The predicted molar refractivity (Wildman–Crippen MR) is 81.4 cm³/mol. The second kappa shape index (κ2) is 6.23. The van der Waals surface area contributed by atoms with E-state index in [4.69, 9.17) is 0 Å². The van der Waals surface area contributed by atoms with Crippen LogP contribution >= 0.6 is 11.3 Å². The summed E-state index contributed by atoms with van der Waals surface area (Å²) in [6.45, 7) is 4.46. The van der Waals surface area contributed by atoms with Gasteiger partial charge in [0.15, 0.2) is 5.13 Å². The van der Waals surface area contributed by atoms with E-state index in [0.717, 1.165) is 6.54 Å². The van der Waals surface area contributed by atoms with Gasteiger partial charge in [-0.05, 0) is 13.8 Å². The van der Waals surface area contributed by atoms with Crippen LogP contribution in [0, 0.1) is 0 Å². The molecule has 0 spiro atoms. The van der Waals surface area contributed by atoms with Crippen LogP contribution in [0.15, 0.2) is 18.6 Å². The van der Waals surface area contributed by atoms with Crippen molar-refractivity contribution in [1.29, 1.82) is 0 Å². The molecule has 2 aromatic heterocycles. The van der Waals surface area contributed by atoms with E-state index in [1.54, 1.807) is 31.0 Å². The van der Waals surface area contributed by atoms with E-state index in [1.807, 2.05) is 6.92 Å². The van der Waals surface area contributed by atoms with E-state index in [2.05, 4.69) is 20.7 Å². The Hall–Kier alpha value is -1.93. The average Bonchev–Trinajstić information content (AvgIpc) is 3.06. The first-order valence-electron chi connectivity index (χ1n) is 6.62. The van der Waals surface area contributed by atoms with Crippen molar-refractivity contribution in [2.45, 2.75) is 19.4 Å². The van der Waals surface area contributed by atoms with E-state index < -0.39 is 5.60 Å². The Morgan fingerprint density at radius 1 is 1.52 bits per heavy atom. The van der Waals surface area contributed by atoms with E-state index >= 15 is 0 Å². The number of carbonyl (C=O) groups is 1. The molecule has 0 aliphatic heterocycles. The fraction of sp³-hybridized carbons (Fsp3) is 0.462. The molecule has 1 unspecified atom stereocenters. The lowest BCUT2D eigenvalue weighted by Crippen LogP contribution is -2.38. The van der Waals surface area contributed by atoms with Gasteiger partial charge in [-0.3, -0.25) is 9.48 Å². The second-order valence-corrected chi connectivity index (χ2v) is 5.95. The quantitative estimate of drug-likeness (QED) is 0.739. The lowest BCUT2D eigenvalue weighted by atomic mass is 10.00. The zero-order chi connectivity index (χ0) is 15.5. The van der Waals surface area contributed by atoms with Crippen molar-refractivity contribution >= 4 is 22.4 Å². The van der Waals surface area contributed by atoms with Gasteiger partial charge in [-0.2, -0.15) is 5.10 Å². The molecule has 114 valence electrons. The predicted octanol–water partition coefficient (Wildman–Crippen LogP) is 0.946. The standard InChI is InChI=1S/C13H19N5O2S/c1-4-14-12-15-6-10(21-12)11(19)16-8-13(2,20)9-5-17-18(3)7-9/h5-7,20H,4,8H2,1-3H3,(H,14,15)(H,16,19). The Balaban J connectivity index is 1.96. The maximum Gasteiger partial charge on any atom is 0.263 e. The molecule has 1 amide bonds. The summed E-state index contributed by atoms with van der Waals surface area (Å²) in [5.74, 6) is -0.249. The van der Waals surface area contributed by atoms with Gasteiger partial charge >= 0.3 is 0 Å². The Bertz CT molecular complexity index is 620. The fourth-order valence-electron chi connectivity index (χ4n) is 1.75. The first kappa shape index (κ1) is 15.5. The smallest absolute Gasteiger partial charge is 0.263 e. The van der Waals surface area contributed by atoms with Gasteiger partial charge in [0.1, 0.15) is 10.5 Å². The Morgan fingerprint density at radius 3 is 2.90 bits per heavy atom. The molecule has 2 aromatic rings. The number of nitrogens with zero attached hydrogens (tertiary/aromatic N) is 3. The minimum Gasteiger partial charge on any atom is -0.383 e. The van der Waals surface area contributed by atoms with E-state index in [1.165, 1.54) is 17.5 Å². The molecular weight excluding hydrogens is 290 g/mol. The van der Waals surface area contributed by atoms with E-state index in [-0.39, 0.29) is 12.5 Å². The van der Waals surface area contributed by atoms with Crippen LogP contribution in [0.25, 0.3) is 0 Å². The number of anilines is 1. The van der Waals surface area contributed by atoms with Gasteiger partial charge in [0.2, 0.25) is 0 Å².